The first kappa shape index (κ1) is 18.8. The van der Waals surface area contributed by atoms with E-state index >= 15 is 0 Å². The van der Waals surface area contributed by atoms with Crippen LogP contribution in [0.4, 0.5) is 4.39 Å². The number of amides is 1. The van der Waals surface area contributed by atoms with Crippen LogP contribution in [0.1, 0.15) is 34.1 Å². The monoisotopic (exact) mass is 400 g/mol. The van der Waals surface area contributed by atoms with Crippen LogP contribution in [0.2, 0.25) is 0 Å². The molecule has 1 N–H and O–H groups in total. The Balaban J connectivity index is 1.70. The second kappa shape index (κ2) is 7.85. The topological polar surface area (TPSA) is 60.9 Å². The standard InChI is InChI=1S/C21H21FN2O3S/c22-15-6-3-5-14(13-15)18-17(19(25)16-7-4-12-28-16)20(26)21(27)24(18)11-10-23-8-1-2-9-23/h3-7,12-13,18,26H,1-2,8-11H2. The zero-order valence-corrected chi connectivity index (χ0v) is 16.1. The number of rotatable bonds is 6. The first-order chi connectivity index (χ1) is 13.6. The smallest absolute Gasteiger partial charge is 0.290 e. The minimum Gasteiger partial charge on any atom is -0.503 e. The van der Waals surface area contributed by atoms with Crippen molar-refractivity contribution in [3.8, 4) is 0 Å². The van der Waals surface area contributed by atoms with Crippen molar-refractivity contribution in [1.29, 1.82) is 0 Å². The summed E-state index contributed by atoms with van der Waals surface area (Å²) in [5.74, 6) is -1.94. The SMILES string of the molecule is O=C(C1=C(O)C(=O)N(CCN2CCCC2)C1c1cccc(F)c1)c1cccs1. The van der Waals surface area contributed by atoms with Crippen molar-refractivity contribution in [2.45, 2.75) is 18.9 Å². The molecule has 7 heteroatoms. The van der Waals surface area contributed by atoms with Gasteiger partial charge in [0.05, 0.1) is 16.5 Å². The molecule has 3 heterocycles. The molecule has 1 aromatic heterocycles. The van der Waals surface area contributed by atoms with Gasteiger partial charge in [0.25, 0.3) is 5.91 Å². The zero-order chi connectivity index (χ0) is 19.7. The second-order valence-corrected chi connectivity index (χ2v) is 8.02. The lowest BCUT2D eigenvalue weighted by molar-refractivity contribution is -0.129. The number of ketones is 1. The average Bonchev–Trinajstić information content (AvgIpc) is 3.43. The number of carbonyl (C=O) groups is 2. The molecular formula is C21H21FN2O3S. The van der Waals surface area contributed by atoms with Gasteiger partial charge < -0.3 is 14.9 Å². The highest BCUT2D eigenvalue weighted by Gasteiger charge is 2.44. The summed E-state index contributed by atoms with van der Waals surface area (Å²) in [6.45, 7) is 2.98. The fraction of sp³-hybridized carbons (Fsp3) is 0.333. The van der Waals surface area contributed by atoms with Gasteiger partial charge in [-0.2, -0.15) is 0 Å². The largest absolute Gasteiger partial charge is 0.503 e. The molecule has 5 nitrogen and oxygen atoms in total. The number of aliphatic hydroxyl groups excluding tert-OH is 1. The predicted molar refractivity (Wildman–Crippen MR) is 105 cm³/mol. The number of aliphatic hydroxyl groups is 1. The third-order valence-corrected chi connectivity index (χ3v) is 6.18. The first-order valence-electron chi connectivity index (χ1n) is 9.36. The van der Waals surface area contributed by atoms with Gasteiger partial charge in [-0.15, -0.1) is 11.3 Å². The van der Waals surface area contributed by atoms with Crippen molar-refractivity contribution in [3.05, 3.63) is 69.4 Å². The minimum absolute atomic E-state index is 0.0273. The number of thiophene rings is 1. The maximum atomic E-state index is 13.9. The number of hydrogen-bond acceptors (Lipinski definition) is 5. The maximum absolute atomic E-state index is 13.9. The fourth-order valence-electron chi connectivity index (χ4n) is 3.94. The van der Waals surface area contributed by atoms with E-state index in [2.05, 4.69) is 4.90 Å². The van der Waals surface area contributed by atoms with Gasteiger partial charge in [0.15, 0.2) is 5.76 Å². The molecule has 1 saturated heterocycles. The second-order valence-electron chi connectivity index (χ2n) is 7.07. The number of nitrogens with zero attached hydrogens (tertiary/aromatic N) is 2. The van der Waals surface area contributed by atoms with Crippen molar-refractivity contribution in [1.82, 2.24) is 9.80 Å². The molecule has 0 spiro atoms. The number of benzene rings is 1. The van der Waals surface area contributed by atoms with Crippen molar-refractivity contribution in [3.63, 3.8) is 0 Å². The third-order valence-electron chi connectivity index (χ3n) is 5.31. The Morgan fingerprint density at radius 3 is 2.64 bits per heavy atom. The minimum atomic E-state index is -0.791. The number of hydrogen-bond donors (Lipinski definition) is 1. The molecule has 1 unspecified atom stereocenters. The molecule has 146 valence electrons. The molecule has 1 aromatic carbocycles. The lowest BCUT2D eigenvalue weighted by Crippen LogP contribution is -2.37. The molecule has 0 aliphatic carbocycles. The van der Waals surface area contributed by atoms with E-state index in [0.717, 1.165) is 25.9 Å². The summed E-state index contributed by atoms with van der Waals surface area (Å²) in [6.07, 6.45) is 2.26. The highest BCUT2D eigenvalue weighted by molar-refractivity contribution is 7.12. The van der Waals surface area contributed by atoms with E-state index in [4.69, 9.17) is 0 Å². The normalized spacial score (nSPS) is 20.4. The molecule has 28 heavy (non-hydrogen) atoms. The van der Waals surface area contributed by atoms with E-state index in [1.54, 1.807) is 29.6 Å². The van der Waals surface area contributed by atoms with Gasteiger partial charge in [0.2, 0.25) is 5.78 Å². The van der Waals surface area contributed by atoms with Gasteiger partial charge >= 0.3 is 0 Å². The van der Waals surface area contributed by atoms with E-state index in [0.29, 0.717) is 23.5 Å². The van der Waals surface area contributed by atoms with Crippen LogP contribution in [-0.4, -0.2) is 52.8 Å². The molecule has 1 atom stereocenters. The average molecular weight is 400 g/mol. The van der Waals surface area contributed by atoms with Crippen LogP contribution in [0.25, 0.3) is 0 Å². The number of likely N-dealkylation sites (tertiary alicyclic amines) is 1. The van der Waals surface area contributed by atoms with Crippen LogP contribution >= 0.6 is 11.3 Å². The van der Waals surface area contributed by atoms with Crippen LogP contribution < -0.4 is 0 Å². The molecule has 0 bridgehead atoms. The Labute approximate surface area is 166 Å². The van der Waals surface area contributed by atoms with E-state index in [9.17, 15) is 19.1 Å². The molecule has 2 aromatic rings. The molecule has 2 aliphatic heterocycles. The van der Waals surface area contributed by atoms with E-state index < -0.39 is 29.3 Å². The summed E-state index contributed by atoms with van der Waals surface area (Å²) in [4.78, 5) is 30.1. The van der Waals surface area contributed by atoms with Gasteiger partial charge in [-0.05, 0) is 55.1 Å². The first-order valence-corrected chi connectivity index (χ1v) is 10.2. The Hall–Kier alpha value is -2.51. The van der Waals surface area contributed by atoms with Crippen LogP contribution in [-0.2, 0) is 4.79 Å². The summed E-state index contributed by atoms with van der Waals surface area (Å²) in [5.41, 5.74) is 0.512. The van der Waals surface area contributed by atoms with Crippen LogP contribution in [0.3, 0.4) is 0 Å². The molecular weight excluding hydrogens is 379 g/mol. The predicted octanol–water partition coefficient (Wildman–Crippen LogP) is 3.56. The van der Waals surface area contributed by atoms with Gasteiger partial charge in [-0.3, -0.25) is 9.59 Å². The molecule has 1 amide bonds. The Kier molecular flexibility index (Phi) is 5.28. The lowest BCUT2D eigenvalue weighted by atomic mass is 9.95. The Morgan fingerprint density at radius 1 is 1.18 bits per heavy atom. The third kappa shape index (κ3) is 3.47. The summed E-state index contributed by atoms with van der Waals surface area (Å²) >= 11 is 1.25. The van der Waals surface area contributed by atoms with Gasteiger partial charge in [0, 0.05) is 13.1 Å². The lowest BCUT2D eigenvalue weighted by Gasteiger charge is -2.28. The van der Waals surface area contributed by atoms with Gasteiger partial charge in [-0.25, -0.2) is 4.39 Å². The molecule has 2 aliphatic rings. The summed E-state index contributed by atoms with van der Waals surface area (Å²) in [5, 5.41) is 12.3. The molecule has 0 radical (unpaired) electrons. The number of halogens is 1. The fourth-order valence-corrected chi connectivity index (χ4v) is 4.61. The van der Waals surface area contributed by atoms with E-state index in [1.807, 2.05) is 0 Å². The molecule has 4 rings (SSSR count). The quantitative estimate of drug-likeness (QED) is 0.754. The molecule has 0 saturated carbocycles. The van der Waals surface area contributed by atoms with Crippen LogP contribution in [0, 0.1) is 5.82 Å². The highest BCUT2D eigenvalue weighted by atomic mass is 32.1. The maximum Gasteiger partial charge on any atom is 0.290 e. The Bertz CT molecular complexity index is 919. The van der Waals surface area contributed by atoms with Crippen molar-refractivity contribution < 1.29 is 19.1 Å². The number of Topliss-reactive ketones (excluding diaryl/α,β-unsaturated/α-hetero) is 1. The van der Waals surface area contributed by atoms with Crippen molar-refractivity contribution in [2.24, 2.45) is 0 Å². The van der Waals surface area contributed by atoms with Crippen LogP contribution in [0.5, 0.6) is 0 Å². The highest BCUT2D eigenvalue weighted by Crippen LogP contribution is 2.39. The number of carbonyl (C=O) groups excluding carboxylic acids is 2. The van der Waals surface area contributed by atoms with Gasteiger partial charge in [-0.1, -0.05) is 18.2 Å². The van der Waals surface area contributed by atoms with E-state index in [1.165, 1.54) is 28.4 Å². The van der Waals surface area contributed by atoms with Gasteiger partial charge in [0.1, 0.15) is 5.82 Å². The summed E-state index contributed by atoms with van der Waals surface area (Å²) < 4.78 is 13.9. The summed E-state index contributed by atoms with van der Waals surface area (Å²) in [7, 11) is 0. The zero-order valence-electron chi connectivity index (χ0n) is 15.3. The Morgan fingerprint density at radius 2 is 1.96 bits per heavy atom. The van der Waals surface area contributed by atoms with Crippen molar-refractivity contribution in [2.75, 3.05) is 26.2 Å². The van der Waals surface area contributed by atoms with Crippen LogP contribution in [0.15, 0.2) is 53.1 Å². The summed E-state index contributed by atoms with van der Waals surface area (Å²) in [6, 6.07) is 8.49. The van der Waals surface area contributed by atoms with E-state index in [-0.39, 0.29) is 5.57 Å². The molecule has 1 fully saturated rings. The van der Waals surface area contributed by atoms with Crippen molar-refractivity contribution >= 4 is 23.0 Å².